The van der Waals surface area contributed by atoms with E-state index in [1.54, 1.807) is 12.3 Å². The number of phenols is 1. The Morgan fingerprint density at radius 1 is 0.810 bits per heavy atom. The first-order chi connectivity index (χ1) is 10.3. The predicted octanol–water partition coefficient (Wildman–Crippen LogP) is 3.99. The molecule has 0 aliphatic rings. The van der Waals surface area contributed by atoms with E-state index >= 15 is 0 Å². The molecular weight excluding hydrogens is 260 g/mol. The Labute approximate surface area is 123 Å². The first-order valence-electron chi connectivity index (χ1n) is 6.85. The Kier molecular flexibility index (Phi) is 3.83. The maximum Gasteiger partial charge on any atom is 0.121 e. The minimum Gasteiger partial charge on any atom is -0.508 e. The van der Waals surface area contributed by atoms with Gasteiger partial charge in [0.25, 0.3) is 0 Å². The van der Waals surface area contributed by atoms with Crippen LogP contribution < -0.4 is 5.32 Å². The summed E-state index contributed by atoms with van der Waals surface area (Å²) in [5, 5.41) is 13.6. The van der Waals surface area contributed by atoms with Crippen molar-refractivity contribution < 1.29 is 5.11 Å². The number of rotatable bonds is 4. The van der Waals surface area contributed by atoms with E-state index in [1.807, 2.05) is 66.7 Å². The number of aromatic hydroxyl groups is 1. The molecule has 0 aliphatic carbocycles. The fraction of sp³-hybridized carbons (Fsp3) is 0.0556. The lowest BCUT2D eigenvalue weighted by Gasteiger charge is -2.21. The van der Waals surface area contributed by atoms with Crippen LogP contribution >= 0.6 is 0 Å². The van der Waals surface area contributed by atoms with Gasteiger partial charge < -0.3 is 10.4 Å². The Balaban J connectivity index is 2.02. The maximum absolute atomic E-state index is 10.2. The maximum atomic E-state index is 10.2. The molecule has 21 heavy (non-hydrogen) atoms. The van der Waals surface area contributed by atoms with E-state index in [-0.39, 0.29) is 11.8 Å². The van der Waals surface area contributed by atoms with Gasteiger partial charge in [-0.05, 0) is 30.3 Å². The second-order valence-corrected chi connectivity index (χ2v) is 4.76. The zero-order chi connectivity index (χ0) is 14.5. The summed E-state index contributed by atoms with van der Waals surface area (Å²) in [5.74, 6) is 0.261. The molecule has 0 saturated heterocycles. The highest BCUT2D eigenvalue weighted by Crippen LogP contribution is 2.31. The van der Waals surface area contributed by atoms with Crippen LogP contribution in [0.1, 0.15) is 17.3 Å². The van der Waals surface area contributed by atoms with E-state index in [4.69, 9.17) is 0 Å². The fourth-order valence-corrected chi connectivity index (χ4v) is 2.29. The molecule has 3 rings (SSSR count). The van der Waals surface area contributed by atoms with E-state index in [0.717, 1.165) is 16.9 Å². The molecule has 3 aromatic rings. The van der Waals surface area contributed by atoms with Gasteiger partial charge in [0.1, 0.15) is 5.75 Å². The Morgan fingerprint density at radius 3 is 2.24 bits per heavy atom. The molecule has 2 N–H and O–H groups in total. The van der Waals surface area contributed by atoms with Gasteiger partial charge in [0.05, 0.1) is 11.7 Å². The van der Waals surface area contributed by atoms with Crippen LogP contribution in [0, 0.1) is 0 Å². The zero-order valence-electron chi connectivity index (χ0n) is 11.5. The zero-order valence-corrected chi connectivity index (χ0v) is 11.5. The van der Waals surface area contributed by atoms with Gasteiger partial charge >= 0.3 is 0 Å². The summed E-state index contributed by atoms with van der Waals surface area (Å²) >= 11 is 0. The van der Waals surface area contributed by atoms with Gasteiger partial charge in [0, 0.05) is 17.4 Å². The van der Waals surface area contributed by atoms with Gasteiger partial charge in [0.15, 0.2) is 0 Å². The van der Waals surface area contributed by atoms with Gasteiger partial charge in [-0.25, -0.2) is 0 Å². The molecule has 0 fully saturated rings. The van der Waals surface area contributed by atoms with E-state index in [9.17, 15) is 5.11 Å². The van der Waals surface area contributed by atoms with E-state index in [1.165, 1.54) is 0 Å². The van der Waals surface area contributed by atoms with Crippen LogP contribution in [0.2, 0.25) is 0 Å². The normalized spacial score (nSPS) is 11.8. The highest BCUT2D eigenvalue weighted by atomic mass is 16.3. The summed E-state index contributed by atoms with van der Waals surface area (Å²) in [6, 6.07) is 22.8. The molecule has 3 nitrogen and oxygen atoms in total. The van der Waals surface area contributed by atoms with Gasteiger partial charge in [-0.3, -0.25) is 4.98 Å². The number of aromatic nitrogens is 1. The van der Waals surface area contributed by atoms with Crippen molar-refractivity contribution in [3.8, 4) is 5.75 Å². The first-order valence-corrected chi connectivity index (χ1v) is 6.85. The molecule has 0 amide bonds. The minimum atomic E-state index is -0.199. The number of para-hydroxylation sites is 2. The molecule has 3 heteroatoms. The van der Waals surface area contributed by atoms with Crippen molar-refractivity contribution in [3.63, 3.8) is 0 Å². The SMILES string of the molecule is Oc1ccccc1C(Nc1ccccc1)c1ccccn1. The highest BCUT2D eigenvalue weighted by Gasteiger charge is 2.18. The molecule has 0 aliphatic heterocycles. The van der Waals surface area contributed by atoms with Crippen molar-refractivity contribution in [2.24, 2.45) is 0 Å². The summed E-state index contributed by atoms with van der Waals surface area (Å²) in [6.07, 6.45) is 1.76. The molecule has 0 radical (unpaired) electrons. The van der Waals surface area contributed by atoms with Crippen LogP contribution in [-0.2, 0) is 0 Å². The fourth-order valence-electron chi connectivity index (χ4n) is 2.29. The van der Waals surface area contributed by atoms with Crippen molar-refractivity contribution in [2.45, 2.75) is 6.04 Å². The topological polar surface area (TPSA) is 45.1 Å². The number of hydrogen-bond donors (Lipinski definition) is 2. The highest BCUT2D eigenvalue weighted by molar-refractivity contribution is 5.50. The molecule has 0 saturated carbocycles. The summed E-state index contributed by atoms with van der Waals surface area (Å²) in [7, 11) is 0. The van der Waals surface area contributed by atoms with Crippen LogP contribution in [0.25, 0.3) is 0 Å². The Bertz CT molecular complexity index is 699. The number of nitrogens with one attached hydrogen (secondary N) is 1. The monoisotopic (exact) mass is 276 g/mol. The number of nitrogens with zero attached hydrogens (tertiary/aromatic N) is 1. The van der Waals surface area contributed by atoms with Crippen molar-refractivity contribution in [1.29, 1.82) is 0 Å². The second-order valence-electron chi connectivity index (χ2n) is 4.76. The molecule has 0 bridgehead atoms. The molecule has 1 atom stereocenters. The third-order valence-corrected chi connectivity index (χ3v) is 3.32. The molecule has 1 heterocycles. The van der Waals surface area contributed by atoms with E-state index < -0.39 is 0 Å². The predicted molar refractivity (Wildman–Crippen MR) is 84.3 cm³/mol. The van der Waals surface area contributed by atoms with Crippen LogP contribution in [0.3, 0.4) is 0 Å². The molecular formula is C18H16N2O. The molecule has 1 unspecified atom stereocenters. The third kappa shape index (κ3) is 3.03. The summed E-state index contributed by atoms with van der Waals surface area (Å²) in [5.41, 5.74) is 2.65. The average molecular weight is 276 g/mol. The van der Waals surface area contributed by atoms with Crippen molar-refractivity contribution in [3.05, 3.63) is 90.3 Å². The summed E-state index contributed by atoms with van der Waals surface area (Å²) in [4.78, 5) is 4.42. The lowest BCUT2D eigenvalue weighted by Crippen LogP contribution is -2.13. The van der Waals surface area contributed by atoms with Gasteiger partial charge in [-0.2, -0.15) is 0 Å². The van der Waals surface area contributed by atoms with E-state index in [2.05, 4.69) is 10.3 Å². The molecule has 1 aromatic heterocycles. The Hall–Kier alpha value is -2.81. The van der Waals surface area contributed by atoms with Gasteiger partial charge in [0.2, 0.25) is 0 Å². The number of anilines is 1. The van der Waals surface area contributed by atoms with Gasteiger partial charge in [-0.15, -0.1) is 0 Å². The van der Waals surface area contributed by atoms with E-state index in [0.29, 0.717) is 0 Å². The van der Waals surface area contributed by atoms with Crippen LogP contribution in [0.5, 0.6) is 5.75 Å². The minimum absolute atomic E-state index is 0.199. The van der Waals surface area contributed by atoms with Gasteiger partial charge in [-0.1, -0.05) is 42.5 Å². The molecule has 104 valence electrons. The van der Waals surface area contributed by atoms with Crippen molar-refractivity contribution in [1.82, 2.24) is 4.98 Å². The molecule has 2 aromatic carbocycles. The molecule has 0 spiro atoms. The second kappa shape index (κ2) is 6.09. The summed E-state index contributed by atoms with van der Waals surface area (Å²) in [6.45, 7) is 0. The third-order valence-electron chi connectivity index (χ3n) is 3.32. The standard InChI is InChI=1S/C18H16N2O/c21-17-12-5-4-10-15(17)18(16-11-6-7-13-19-16)20-14-8-2-1-3-9-14/h1-13,18,20-21H. The number of phenolic OH excluding ortho intramolecular Hbond substituents is 1. The Morgan fingerprint density at radius 2 is 1.52 bits per heavy atom. The largest absolute Gasteiger partial charge is 0.508 e. The van der Waals surface area contributed by atoms with Crippen LogP contribution in [-0.4, -0.2) is 10.1 Å². The number of pyridine rings is 1. The lowest BCUT2D eigenvalue weighted by molar-refractivity contribution is 0.466. The number of hydrogen-bond acceptors (Lipinski definition) is 3. The van der Waals surface area contributed by atoms with Crippen molar-refractivity contribution >= 4 is 5.69 Å². The lowest BCUT2D eigenvalue weighted by atomic mass is 10.0. The smallest absolute Gasteiger partial charge is 0.121 e. The van der Waals surface area contributed by atoms with Crippen LogP contribution in [0.4, 0.5) is 5.69 Å². The number of benzene rings is 2. The first kappa shape index (κ1) is 13.2. The average Bonchev–Trinajstić information content (AvgIpc) is 2.55. The summed E-state index contributed by atoms with van der Waals surface area (Å²) < 4.78 is 0. The van der Waals surface area contributed by atoms with Crippen LogP contribution in [0.15, 0.2) is 79.0 Å². The quantitative estimate of drug-likeness (QED) is 0.757. The van der Waals surface area contributed by atoms with Crippen molar-refractivity contribution in [2.75, 3.05) is 5.32 Å².